The molecule has 21 heavy (non-hydrogen) atoms. The predicted molar refractivity (Wildman–Crippen MR) is 76.9 cm³/mol. The minimum Gasteiger partial charge on any atom is -0.290 e. The maximum absolute atomic E-state index is 12.6. The van der Waals surface area contributed by atoms with E-state index in [1.165, 1.54) is 0 Å². The van der Waals surface area contributed by atoms with Crippen LogP contribution in [0.1, 0.15) is 39.0 Å². The lowest BCUT2D eigenvalue weighted by atomic mass is 10.00. The van der Waals surface area contributed by atoms with Crippen LogP contribution in [0.25, 0.3) is 0 Å². The monoisotopic (exact) mass is 289 g/mol. The van der Waals surface area contributed by atoms with Crippen LogP contribution in [0, 0.1) is 29.1 Å². The Kier molecular flexibility index (Phi) is 3.99. The number of nitrogens with zero attached hydrogens (tertiary/aromatic N) is 3. The highest BCUT2D eigenvalue weighted by atomic mass is 16.2. The topological polar surface area (TPSA) is 64.4 Å². The summed E-state index contributed by atoms with van der Waals surface area (Å²) in [5.74, 6) is 0.631. The molecular weight excluding hydrogens is 266 g/mol. The fourth-order valence-corrected chi connectivity index (χ4v) is 4.28. The number of nitriles is 1. The predicted octanol–water partition coefficient (Wildman–Crippen LogP) is 1.40. The number of amides is 2. The quantitative estimate of drug-likeness (QED) is 0.582. The molecule has 1 aliphatic carbocycles. The fraction of sp³-hybridized carbons (Fsp3) is 0.812. The van der Waals surface area contributed by atoms with Crippen LogP contribution in [0.5, 0.6) is 0 Å². The number of piperidine rings is 1. The van der Waals surface area contributed by atoms with Gasteiger partial charge in [0.15, 0.2) is 0 Å². The Hall–Kier alpha value is -1.41. The maximum atomic E-state index is 12.6. The molecule has 0 aromatic carbocycles. The van der Waals surface area contributed by atoms with Crippen molar-refractivity contribution in [2.24, 2.45) is 17.8 Å². The molecule has 0 radical (unpaired) electrons. The fourth-order valence-electron chi connectivity index (χ4n) is 4.28. The van der Waals surface area contributed by atoms with Gasteiger partial charge in [-0.3, -0.25) is 19.4 Å². The molecule has 3 rings (SSSR count). The molecule has 2 heterocycles. The number of rotatable bonds is 3. The molecule has 0 N–H and O–H groups in total. The third-order valence-corrected chi connectivity index (χ3v) is 5.56. The van der Waals surface area contributed by atoms with E-state index in [2.05, 4.69) is 17.9 Å². The molecule has 2 amide bonds. The third-order valence-electron chi connectivity index (χ3n) is 5.56. The first-order valence-electron chi connectivity index (χ1n) is 8.12. The lowest BCUT2D eigenvalue weighted by Gasteiger charge is -2.35. The second kappa shape index (κ2) is 5.76. The zero-order valence-corrected chi connectivity index (χ0v) is 12.6. The molecule has 0 aromatic heterocycles. The molecule has 2 unspecified atom stereocenters. The second-order valence-corrected chi connectivity index (χ2v) is 6.67. The first-order chi connectivity index (χ1) is 10.2. The normalized spacial score (nSPS) is 34.3. The summed E-state index contributed by atoms with van der Waals surface area (Å²) in [7, 11) is 0. The molecule has 2 atom stereocenters. The highest BCUT2D eigenvalue weighted by molar-refractivity contribution is 6.05. The van der Waals surface area contributed by atoms with Gasteiger partial charge in [0, 0.05) is 19.1 Å². The molecule has 5 nitrogen and oxygen atoms in total. The van der Waals surface area contributed by atoms with Crippen LogP contribution in [-0.4, -0.2) is 47.3 Å². The van der Waals surface area contributed by atoms with Gasteiger partial charge in [-0.15, -0.1) is 0 Å². The number of hydrogen-bond acceptors (Lipinski definition) is 4. The molecule has 3 aliphatic rings. The van der Waals surface area contributed by atoms with Crippen molar-refractivity contribution in [1.29, 1.82) is 5.26 Å². The van der Waals surface area contributed by atoms with Crippen LogP contribution in [0.15, 0.2) is 0 Å². The average molecular weight is 289 g/mol. The number of imide groups is 1. The van der Waals surface area contributed by atoms with Crippen molar-refractivity contribution in [2.75, 3.05) is 19.6 Å². The summed E-state index contributed by atoms with van der Waals surface area (Å²) in [4.78, 5) is 28.9. The van der Waals surface area contributed by atoms with Gasteiger partial charge in [-0.2, -0.15) is 5.26 Å². The van der Waals surface area contributed by atoms with Crippen molar-refractivity contribution in [1.82, 2.24) is 9.80 Å². The van der Waals surface area contributed by atoms with E-state index in [0.717, 1.165) is 45.2 Å². The largest absolute Gasteiger partial charge is 0.290 e. The number of fused-ring (bicyclic) bond motifs is 1. The molecule has 2 saturated heterocycles. The first kappa shape index (κ1) is 14.5. The van der Waals surface area contributed by atoms with E-state index in [1.54, 1.807) is 4.90 Å². The van der Waals surface area contributed by atoms with E-state index in [0.29, 0.717) is 12.5 Å². The molecule has 5 heteroatoms. The van der Waals surface area contributed by atoms with E-state index >= 15 is 0 Å². The summed E-state index contributed by atoms with van der Waals surface area (Å²) in [5, 5.41) is 8.73. The minimum atomic E-state index is -0.0420. The van der Waals surface area contributed by atoms with Crippen molar-refractivity contribution >= 4 is 11.8 Å². The molecule has 0 spiro atoms. The van der Waals surface area contributed by atoms with Crippen LogP contribution < -0.4 is 0 Å². The lowest BCUT2D eigenvalue weighted by molar-refractivity contribution is -0.144. The highest BCUT2D eigenvalue weighted by Gasteiger charge is 2.54. The van der Waals surface area contributed by atoms with Crippen molar-refractivity contribution < 1.29 is 9.59 Å². The molecule has 1 saturated carbocycles. The summed E-state index contributed by atoms with van der Waals surface area (Å²) in [6, 6.07) is 2.22. The molecule has 3 fully saturated rings. The van der Waals surface area contributed by atoms with Gasteiger partial charge in [0.25, 0.3) is 0 Å². The Bertz CT molecular complexity index is 452. The Morgan fingerprint density at radius 3 is 2.19 bits per heavy atom. The smallest absolute Gasteiger partial charge is 0.233 e. The van der Waals surface area contributed by atoms with Crippen molar-refractivity contribution in [2.45, 2.75) is 45.1 Å². The minimum absolute atomic E-state index is 0.0420. The van der Waals surface area contributed by atoms with Crippen molar-refractivity contribution in [3.8, 4) is 6.07 Å². The van der Waals surface area contributed by atoms with Gasteiger partial charge in [0.1, 0.15) is 0 Å². The van der Waals surface area contributed by atoms with Gasteiger partial charge in [0.2, 0.25) is 11.8 Å². The Morgan fingerprint density at radius 1 is 1.14 bits per heavy atom. The molecule has 0 aromatic rings. The number of carbonyl (C=O) groups is 2. The van der Waals surface area contributed by atoms with Crippen LogP contribution in [0.2, 0.25) is 0 Å². The zero-order chi connectivity index (χ0) is 15.0. The zero-order valence-electron chi connectivity index (χ0n) is 12.6. The Labute approximate surface area is 125 Å². The van der Waals surface area contributed by atoms with Gasteiger partial charge in [-0.05, 0) is 31.6 Å². The Balaban J connectivity index is 1.65. The van der Waals surface area contributed by atoms with E-state index in [9.17, 15) is 9.59 Å². The summed E-state index contributed by atoms with van der Waals surface area (Å²) in [6.45, 7) is 4.20. The summed E-state index contributed by atoms with van der Waals surface area (Å²) in [5.41, 5.74) is 0. The van der Waals surface area contributed by atoms with Crippen molar-refractivity contribution in [3.05, 3.63) is 0 Å². The summed E-state index contributed by atoms with van der Waals surface area (Å²) in [6.07, 6.45) is 4.50. The standard InChI is InChI=1S/C16H23N3O2/c1-2-11-9-13-14(10-11)16(21)19(15(13)20)12-3-6-18(7-4-12)8-5-17/h11-14H,2-4,6-10H2,1H3. The maximum Gasteiger partial charge on any atom is 0.233 e. The Morgan fingerprint density at radius 2 is 1.71 bits per heavy atom. The van der Waals surface area contributed by atoms with Crippen LogP contribution in [-0.2, 0) is 9.59 Å². The molecule has 114 valence electrons. The molecule has 2 aliphatic heterocycles. The lowest BCUT2D eigenvalue weighted by Crippen LogP contribution is -2.48. The van der Waals surface area contributed by atoms with Crippen LogP contribution in [0.3, 0.4) is 0 Å². The number of hydrogen-bond donors (Lipinski definition) is 0. The number of carbonyl (C=O) groups excluding carboxylic acids is 2. The van der Waals surface area contributed by atoms with Crippen LogP contribution >= 0.6 is 0 Å². The van der Waals surface area contributed by atoms with E-state index in [4.69, 9.17) is 5.26 Å². The first-order valence-corrected chi connectivity index (χ1v) is 8.12. The third kappa shape index (κ3) is 2.46. The highest BCUT2D eigenvalue weighted by Crippen LogP contribution is 2.45. The molecule has 0 bridgehead atoms. The summed E-state index contributed by atoms with van der Waals surface area (Å²) < 4.78 is 0. The van der Waals surface area contributed by atoms with E-state index in [-0.39, 0.29) is 29.7 Å². The number of likely N-dealkylation sites (tertiary alicyclic amines) is 2. The van der Waals surface area contributed by atoms with Gasteiger partial charge >= 0.3 is 0 Å². The van der Waals surface area contributed by atoms with Crippen molar-refractivity contribution in [3.63, 3.8) is 0 Å². The SMILES string of the molecule is CCC1CC2C(=O)N(C3CCN(CC#N)CC3)C(=O)C2C1. The summed E-state index contributed by atoms with van der Waals surface area (Å²) >= 11 is 0. The second-order valence-electron chi connectivity index (χ2n) is 6.67. The average Bonchev–Trinajstić information content (AvgIpc) is 3.01. The molecular formula is C16H23N3O2. The van der Waals surface area contributed by atoms with Gasteiger partial charge in [-0.1, -0.05) is 13.3 Å². The van der Waals surface area contributed by atoms with Gasteiger partial charge < -0.3 is 0 Å². The van der Waals surface area contributed by atoms with E-state index < -0.39 is 0 Å². The van der Waals surface area contributed by atoms with E-state index in [1.807, 2.05) is 0 Å². The van der Waals surface area contributed by atoms with Gasteiger partial charge in [0.05, 0.1) is 24.4 Å². The van der Waals surface area contributed by atoms with Gasteiger partial charge in [-0.25, -0.2) is 0 Å². The van der Waals surface area contributed by atoms with Crippen LogP contribution in [0.4, 0.5) is 0 Å².